The number of esters is 2. The van der Waals surface area contributed by atoms with Crippen molar-refractivity contribution in [1.29, 1.82) is 0 Å². The van der Waals surface area contributed by atoms with Crippen LogP contribution in [0, 0.1) is 0 Å². The second-order valence-electron chi connectivity index (χ2n) is 28.1. The number of likely N-dealkylation sites (N-methyl/N-ethyl adjacent to an activating group) is 1. The van der Waals surface area contributed by atoms with Crippen LogP contribution in [0.5, 0.6) is 0 Å². The van der Waals surface area contributed by atoms with Crippen LogP contribution in [0.3, 0.4) is 0 Å². The first kappa shape index (κ1) is 89.5. The minimum Gasteiger partial charge on any atom is -0.462 e. The number of ether oxygens (including phenoxy) is 2. The molecule has 0 radical (unpaired) electrons. The summed E-state index contributed by atoms with van der Waals surface area (Å²) in [5, 5.41) is 0. The first-order valence-corrected chi connectivity index (χ1v) is 41.2. The van der Waals surface area contributed by atoms with Crippen molar-refractivity contribution < 1.29 is 42.1 Å². The topological polar surface area (TPSA) is 108 Å². The molecule has 10 heteroatoms. The molecular formula is C82H153NO8P+. The average Bonchev–Trinajstić information content (AvgIpc) is 2.34. The van der Waals surface area contributed by atoms with Gasteiger partial charge in [-0.1, -0.05) is 363 Å². The van der Waals surface area contributed by atoms with Crippen LogP contribution in [0.4, 0.5) is 0 Å². The molecule has 0 fully saturated rings. The van der Waals surface area contributed by atoms with Gasteiger partial charge >= 0.3 is 19.8 Å². The van der Waals surface area contributed by atoms with Gasteiger partial charge in [-0.05, 0) is 83.5 Å². The van der Waals surface area contributed by atoms with E-state index in [1.54, 1.807) is 0 Å². The van der Waals surface area contributed by atoms with Crippen LogP contribution >= 0.6 is 7.82 Å². The molecule has 0 aromatic rings. The zero-order chi connectivity index (χ0) is 66.9. The maximum Gasteiger partial charge on any atom is 0.472 e. The fraction of sp³-hybridized carbons (Fsp3) is 0.829. The second-order valence-corrected chi connectivity index (χ2v) is 29.5. The van der Waals surface area contributed by atoms with Crippen molar-refractivity contribution in [2.75, 3.05) is 47.5 Å². The van der Waals surface area contributed by atoms with E-state index >= 15 is 0 Å². The third-order valence-electron chi connectivity index (χ3n) is 17.7. The maximum absolute atomic E-state index is 12.9. The zero-order valence-electron chi connectivity index (χ0n) is 61.5. The van der Waals surface area contributed by atoms with Crippen LogP contribution in [0.1, 0.15) is 386 Å². The Morgan fingerprint density at radius 2 is 0.620 bits per heavy atom. The van der Waals surface area contributed by atoms with E-state index in [2.05, 4.69) is 86.8 Å². The zero-order valence-corrected chi connectivity index (χ0v) is 62.4. The molecule has 0 aliphatic carbocycles. The lowest BCUT2D eigenvalue weighted by atomic mass is 10.0. The van der Waals surface area contributed by atoms with E-state index in [4.69, 9.17) is 18.5 Å². The Morgan fingerprint density at radius 3 is 0.935 bits per heavy atom. The van der Waals surface area contributed by atoms with Gasteiger partial charge in [0.05, 0.1) is 27.7 Å². The van der Waals surface area contributed by atoms with Crippen molar-refractivity contribution in [1.82, 2.24) is 0 Å². The molecule has 0 rings (SSSR count). The molecule has 0 aliphatic rings. The number of rotatable bonds is 74. The molecule has 0 amide bonds. The Bertz CT molecular complexity index is 1780. The average molecular weight is 1310 g/mol. The molecule has 2 unspecified atom stereocenters. The minimum absolute atomic E-state index is 0.0334. The van der Waals surface area contributed by atoms with Gasteiger partial charge in [-0.2, -0.15) is 0 Å². The molecule has 2 atom stereocenters. The van der Waals surface area contributed by atoms with Crippen LogP contribution < -0.4 is 0 Å². The van der Waals surface area contributed by atoms with Gasteiger partial charge < -0.3 is 18.9 Å². The van der Waals surface area contributed by atoms with Crippen LogP contribution in [0.2, 0.25) is 0 Å². The molecule has 538 valence electrons. The lowest BCUT2D eigenvalue weighted by Gasteiger charge is -2.24. The molecule has 9 nitrogen and oxygen atoms in total. The third kappa shape index (κ3) is 76.5. The van der Waals surface area contributed by atoms with E-state index in [0.29, 0.717) is 23.9 Å². The number of carbonyl (C=O) groups excluding carboxylic acids is 2. The van der Waals surface area contributed by atoms with Crippen molar-refractivity contribution in [3.05, 3.63) is 72.9 Å². The number of quaternary nitrogens is 1. The van der Waals surface area contributed by atoms with Crippen molar-refractivity contribution in [2.24, 2.45) is 0 Å². The monoisotopic (exact) mass is 1310 g/mol. The number of allylic oxidation sites excluding steroid dienone is 12. The predicted octanol–water partition coefficient (Wildman–Crippen LogP) is 26.3. The fourth-order valence-corrected chi connectivity index (χ4v) is 12.4. The highest BCUT2D eigenvalue weighted by molar-refractivity contribution is 7.47. The van der Waals surface area contributed by atoms with Gasteiger partial charge in [0.25, 0.3) is 0 Å². The summed E-state index contributed by atoms with van der Waals surface area (Å²) in [5.74, 6) is -0.776. The van der Waals surface area contributed by atoms with E-state index in [1.165, 1.54) is 289 Å². The standard InChI is InChI=1S/C82H152NO8P/c1-6-8-10-12-14-16-18-20-22-24-26-28-30-32-34-36-38-39-40-41-42-43-45-47-49-51-53-55-57-59-61-63-65-67-69-71-73-75-82(85)91-80(79-90-92(86,87)89-77-76-83(3,4)5)78-88-81(84)74-72-70-68-66-64-62-60-58-56-54-52-50-48-46-44-37-35-33-31-29-27-25-23-21-19-17-15-13-11-9-7-2/h8,10,14,16,20,22,25-28,32,34,80H,6-7,9,11-13,15,17-19,21,23-24,29-31,33,35-79H2,1-5H3/p+1/b10-8-,16-14-,22-20-,27-25-,28-26-,34-32-. The molecule has 0 heterocycles. The van der Waals surface area contributed by atoms with Crippen LogP contribution in [-0.2, 0) is 32.7 Å². The number of carbonyl (C=O) groups is 2. The van der Waals surface area contributed by atoms with Crippen molar-refractivity contribution in [3.8, 4) is 0 Å². The highest BCUT2D eigenvalue weighted by Gasteiger charge is 2.27. The highest BCUT2D eigenvalue weighted by Crippen LogP contribution is 2.43. The Morgan fingerprint density at radius 1 is 0.348 bits per heavy atom. The fourth-order valence-electron chi connectivity index (χ4n) is 11.7. The first-order chi connectivity index (χ1) is 45.0. The van der Waals surface area contributed by atoms with Gasteiger partial charge in [-0.15, -0.1) is 0 Å². The number of phosphoric acid groups is 1. The van der Waals surface area contributed by atoms with E-state index in [-0.39, 0.29) is 25.6 Å². The molecule has 0 aliphatic heterocycles. The molecule has 0 spiro atoms. The smallest absolute Gasteiger partial charge is 0.462 e. The van der Waals surface area contributed by atoms with E-state index in [9.17, 15) is 19.0 Å². The lowest BCUT2D eigenvalue weighted by Crippen LogP contribution is -2.37. The number of phosphoric ester groups is 1. The summed E-state index contributed by atoms with van der Waals surface area (Å²) in [6.45, 7) is 4.39. The Kier molecular flexibility index (Phi) is 70.7. The largest absolute Gasteiger partial charge is 0.472 e. The summed E-state index contributed by atoms with van der Waals surface area (Å²) < 4.78 is 34.8. The summed E-state index contributed by atoms with van der Waals surface area (Å²) in [6, 6.07) is 0. The SMILES string of the molecule is CC/C=C\C/C=C\C/C=C\C/C=C\C/C=C\CCCCCCCCCCCCCCCCCCCCCCCC(=O)OC(COC(=O)CCCCCCCCCCCCCCCCCCCCC/C=C\CCCCCCCCCC)COP(=O)(O)OCC[N+](C)(C)C. The van der Waals surface area contributed by atoms with Crippen molar-refractivity contribution in [2.45, 2.75) is 392 Å². The minimum atomic E-state index is -4.39. The third-order valence-corrected chi connectivity index (χ3v) is 18.7. The molecule has 1 N–H and O–H groups in total. The Labute approximate surface area is 571 Å². The summed E-state index contributed by atoms with van der Waals surface area (Å²) in [6.07, 6.45) is 99.1. The van der Waals surface area contributed by atoms with Crippen LogP contribution in [-0.4, -0.2) is 74.9 Å². The first-order valence-electron chi connectivity index (χ1n) is 39.7. The molecule has 0 saturated carbocycles. The number of unbranched alkanes of at least 4 members (excludes halogenated alkanes) is 48. The second kappa shape index (κ2) is 72.7. The van der Waals surface area contributed by atoms with E-state index < -0.39 is 26.5 Å². The molecular weight excluding hydrogens is 1160 g/mol. The summed E-state index contributed by atoms with van der Waals surface area (Å²) >= 11 is 0. The number of hydrogen-bond acceptors (Lipinski definition) is 7. The van der Waals surface area contributed by atoms with Crippen molar-refractivity contribution in [3.63, 3.8) is 0 Å². The lowest BCUT2D eigenvalue weighted by molar-refractivity contribution is -0.870. The highest BCUT2D eigenvalue weighted by atomic mass is 31.2. The Hall–Kier alpha value is -2.55. The van der Waals surface area contributed by atoms with Crippen molar-refractivity contribution >= 4 is 19.8 Å². The molecule has 0 saturated heterocycles. The Balaban J connectivity index is 3.93. The summed E-state index contributed by atoms with van der Waals surface area (Å²) in [4.78, 5) is 36.0. The van der Waals surface area contributed by atoms with Crippen LogP contribution in [0.15, 0.2) is 72.9 Å². The van der Waals surface area contributed by atoms with Gasteiger partial charge in [0.15, 0.2) is 6.10 Å². The van der Waals surface area contributed by atoms with E-state index in [0.717, 1.165) is 64.2 Å². The maximum atomic E-state index is 12.9. The predicted molar refractivity (Wildman–Crippen MR) is 399 cm³/mol. The van der Waals surface area contributed by atoms with Gasteiger partial charge in [0, 0.05) is 12.8 Å². The molecule has 0 bridgehead atoms. The van der Waals surface area contributed by atoms with Gasteiger partial charge in [-0.3, -0.25) is 18.6 Å². The van der Waals surface area contributed by atoms with Gasteiger partial charge in [-0.25, -0.2) is 4.57 Å². The summed E-state index contributed by atoms with van der Waals surface area (Å²) in [5.41, 5.74) is 0. The quantitative estimate of drug-likeness (QED) is 0.0211. The van der Waals surface area contributed by atoms with E-state index in [1.807, 2.05) is 21.1 Å². The molecule has 0 aromatic carbocycles. The van der Waals surface area contributed by atoms with Gasteiger partial charge in [0.2, 0.25) is 0 Å². The molecule has 92 heavy (non-hydrogen) atoms. The number of hydrogen-bond donors (Lipinski definition) is 1. The summed E-state index contributed by atoms with van der Waals surface area (Å²) in [7, 11) is 1.50. The van der Waals surface area contributed by atoms with Gasteiger partial charge in [0.1, 0.15) is 19.8 Å². The number of nitrogens with zero attached hydrogens (tertiary/aromatic N) is 1. The molecule has 0 aromatic heterocycles. The normalized spacial score (nSPS) is 13.4. The van der Waals surface area contributed by atoms with Crippen LogP contribution in [0.25, 0.3) is 0 Å².